The largest absolute Gasteiger partial charge is 0.503 e. The maximum Gasteiger partial charge on any atom is 0.293 e. The van der Waals surface area contributed by atoms with Crippen LogP contribution in [0.4, 0.5) is 5.82 Å². The van der Waals surface area contributed by atoms with Gasteiger partial charge >= 0.3 is 0 Å². The minimum absolute atomic E-state index is 0.0657. The van der Waals surface area contributed by atoms with Gasteiger partial charge in [0.15, 0.2) is 11.6 Å². The van der Waals surface area contributed by atoms with Crippen molar-refractivity contribution >= 4 is 40.4 Å². The number of hydrogen-bond donors (Lipinski definition) is 2. The second kappa shape index (κ2) is 10.0. The number of rotatable bonds is 7. The Labute approximate surface area is 215 Å². The Morgan fingerprint density at radius 2 is 1.86 bits per heavy atom. The first-order valence-electron chi connectivity index (χ1n) is 10.9. The van der Waals surface area contributed by atoms with Crippen molar-refractivity contribution in [1.82, 2.24) is 24.3 Å². The predicted octanol–water partition coefficient (Wildman–Crippen LogP) is 4.10. The van der Waals surface area contributed by atoms with E-state index in [2.05, 4.69) is 20.4 Å². The van der Waals surface area contributed by atoms with Crippen LogP contribution in [0, 0.1) is 5.41 Å². The van der Waals surface area contributed by atoms with Gasteiger partial charge in [-0.05, 0) is 30.3 Å². The zero-order valence-corrected chi connectivity index (χ0v) is 21.3. The van der Waals surface area contributed by atoms with E-state index in [1.807, 2.05) is 6.07 Å². The molecule has 0 unspecified atom stereocenters. The molecule has 0 aliphatic heterocycles. The molecule has 2 N–H and O–H groups in total. The summed E-state index contributed by atoms with van der Waals surface area (Å²) < 4.78 is 2.98. The number of aromatic nitrogens is 5. The fourth-order valence-electron chi connectivity index (χ4n) is 3.33. The van der Waals surface area contributed by atoms with Crippen molar-refractivity contribution in [1.29, 1.82) is 0 Å². The summed E-state index contributed by atoms with van der Waals surface area (Å²) in [5, 5.41) is 17.7. The molecule has 4 aromatic rings. The van der Waals surface area contributed by atoms with Gasteiger partial charge in [0.05, 0.1) is 23.1 Å². The normalized spacial score (nSPS) is 11.4. The molecule has 0 aliphatic carbocycles. The van der Waals surface area contributed by atoms with Crippen molar-refractivity contribution < 1.29 is 14.7 Å². The third kappa shape index (κ3) is 5.37. The van der Waals surface area contributed by atoms with Gasteiger partial charge < -0.3 is 10.4 Å². The highest BCUT2D eigenvalue weighted by Gasteiger charge is 2.28. The number of hydrogen-bond acceptors (Lipinski definition) is 9. The van der Waals surface area contributed by atoms with E-state index in [0.29, 0.717) is 16.7 Å². The minimum Gasteiger partial charge on any atom is -0.503 e. The fraction of sp³-hybridized carbons (Fsp3) is 0.250. The summed E-state index contributed by atoms with van der Waals surface area (Å²) in [4.78, 5) is 47.6. The van der Waals surface area contributed by atoms with Crippen LogP contribution in [-0.4, -0.2) is 41.1 Å². The molecule has 4 rings (SSSR count). The number of Topliss-reactive ketones (excluding diaryl/α,β-unsaturated/α-hetero) is 1. The van der Waals surface area contributed by atoms with Crippen LogP contribution in [0.15, 0.2) is 53.6 Å². The summed E-state index contributed by atoms with van der Waals surface area (Å²) in [5.74, 6) is -0.994. The van der Waals surface area contributed by atoms with E-state index < -0.39 is 29.1 Å². The lowest BCUT2D eigenvalue weighted by Gasteiger charge is -2.18. The quantitative estimate of drug-likeness (QED) is 0.344. The summed E-state index contributed by atoms with van der Waals surface area (Å²) in [5.41, 5.74) is -1.03. The molecule has 4 heterocycles. The Morgan fingerprint density at radius 3 is 2.50 bits per heavy atom. The van der Waals surface area contributed by atoms with Crippen molar-refractivity contribution in [3.05, 3.63) is 74.2 Å². The van der Waals surface area contributed by atoms with Crippen LogP contribution in [0.5, 0.6) is 5.75 Å². The van der Waals surface area contributed by atoms with Crippen LogP contribution < -0.4 is 10.9 Å². The molecule has 0 fully saturated rings. The smallest absolute Gasteiger partial charge is 0.293 e. The molecule has 0 atom stereocenters. The van der Waals surface area contributed by atoms with Gasteiger partial charge in [0, 0.05) is 28.8 Å². The lowest BCUT2D eigenvalue weighted by molar-refractivity contribution is 0.0752. The zero-order chi connectivity index (χ0) is 26.0. The number of aromatic hydroxyl groups is 1. The highest BCUT2D eigenvalue weighted by molar-refractivity contribution is 7.16. The Kier molecular flexibility index (Phi) is 7.04. The average molecular weight is 527 g/mol. The van der Waals surface area contributed by atoms with Crippen molar-refractivity contribution in [2.45, 2.75) is 33.9 Å². The molecule has 0 bridgehead atoms. The van der Waals surface area contributed by atoms with Crippen molar-refractivity contribution in [3.63, 3.8) is 0 Å². The van der Waals surface area contributed by atoms with E-state index in [0.717, 1.165) is 9.44 Å². The molecule has 0 amide bonds. The third-order valence-electron chi connectivity index (χ3n) is 5.15. The average Bonchev–Trinajstić information content (AvgIpc) is 3.46. The maximum atomic E-state index is 13.2. The monoisotopic (exact) mass is 526 g/mol. The molecule has 0 aliphatic rings. The molecule has 0 aromatic carbocycles. The van der Waals surface area contributed by atoms with E-state index >= 15 is 0 Å². The zero-order valence-electron chi connectivity index (χ0n) is 19.7. The number of nitrogens with zero attached hydrogens (tertiary/aromatic N) is 5. The van der Waals surface area contributed by atoms with Crippen LogP contribution in [0.1, 0.15) is 41.1 Å². The van der Waals surface area contributed by atoms with Crippen LogP contribution in [0.25, 0.3) is 11.4 Å². The molecule has 0 saturated carbocycles. The lowest BCUT2D eigenvalue weighted by Crippen LogP contribution is -2.29. The molecular formula is C24H23ClN6O4S. The van der Waals surface area contributed by atoms with Crippen molar-refractivity contribution in [3.8, 4) is 17.1 Å². The molecule has 0 radical (unpaired) electrons. The molecular weight excluding hydrogens is 504 g/mol. The second-order valence-electron chi connectivity index (χ2n) is 8.93. The van der Waals surface area contributed by atoms with Gasteiger partial charge in [-0.3, -0.25) is 19.0 Å². The molecule has 12 heteroatoms. The van der Waals surface area contributed by atoms with Crippen molar-refractivity contribution in [2.24, 2.45) is 5.41 Å². The number of ketones is 1. The van der Waals surface area contributed by atoms with E-state index in [1.54, 1.807) is 39.0 Å². The number of carbonyl (C=O) groups is 2. The number of pyridine rings is 1. The number of halogens is 1. The number of thiophene rings is 1. The van der Waals surface area contributed by atoms with E-state index in [4.69, 9.17) is 11.6 Å². The Morgan fingerprint density at radius 1 is 1.14 bits per heavy atom. The predicted molar refractivity (Wildman–Crippen MR) is 137 cm³/mol. The Hall–Kier alpha value is -3.83. The molecule has 36 heavy (non-hydrogen) atoms. The number of carbonyl (C=O) groups excluding carboxylic acids is 2. The molecule has 186 valence electrons. The van der Waals surface area contributed by atoms with Gasteiger partial charge in [-0.1, -0.05) is 32.4 Å². The van der Waals surface area contributed by atoms with Crippen LogP contribution in [0.2, 0.25) is 4.34 Å². The number of nitrogens with one attached hydrogen (secondary N) is 1. The SMILES string of the molecule is CC(C)(C)C(=O)n1nc(-c2ccc(O)c(=O)n2CC(=O)c2ncccn2)cc1NCc1ccc(Cl)s1. The summed E-state index contributed by atoms with van der Waals surface area (Å²) >= 11 is 7.44. The van der Waals surface area contributed by atoms with Crippen LogP contribution in [-0.2, 0) is 13.1 Å². The van der Waals surface area contributed by atoms with E-state index in [9.17, 15) is 19.5 Å². The van der Waals surface area contributed by atoms with Crippen LogP contribution in [0.3, 0.4) is 0 Å². The molecule has 0 saturated heterocycles. The summed E-state index contributed by atoms with van der Waals surface area (Å²) in [7, 11) is 0. The van der Waals surface area contributed by atoms with Gasteiger partial charge in [0.1, 0.15) is 11.5 Å². The van der Waals surface area contributed by atoms with E-state index in [-0.39, 0.29) is 23.1 Å². The first-order valence-corrected chi connectivity index (χ1v) is 12.1. The minimum atomic E-state index is -0.781. The number of anilines is 1. The summed E-state index contributed by atoms with van der Waals surface area (Å²) in [6, 6.07) is 9.54. The van der Waals surface area contributed by atoms with E-state index in [1.165, 1.54) is 40.5 Å². The fourth-order valence-corrected chi connectivity index (χ4v) is 4.36. The highest BCUT2D eigenvalue weighted by Crippen LogP contribution is 2.28. The first kappa shape index (κ1) is 25.3. The molecule has 0 spiro atoms. The van der Waals surface area contributed by atoms with Gasteiger partial charge in [0.25, 0.3) is 11.5 Å². The Balaban J connectivity index is 1.76. The van der Waals surface area contributed by atoms with Gasteiger partial charge in [0.2, 0.25) is 5.78 Å². The summed E-state index contributed by atoms with van der Waals surface area (Å²) in [6.45, 7) is 5.28. The van der Waals surface area contributed by atoms with Gasteiger partial charge in [-0.25, -0.2) is 9.97 Å². The standard InChI is InChI=1S/C24H23ClN6O4S/c1-24(2,3)23(35)31-20(28-12-14-5-8-19(25)36-14)11-15(29-31)16-6-7-17(32)22(34)30(16)13-18(33)21-26-9-4-10-27-21/h4-11,28,32H,12-13H2,1-3H3. The highest BCUT2D eigenvalue weighted by atomic mass is 35.5. The van der Waals surface area contributed by atoms with Crippen molar-refractivity contribution in [2.75, 3.05) is 5.32 Å². The lowest BCUT2D eigenvalue weighted by atomic mass is 9.96. The Bertz CT molecular complexity index is 1490. The van der Waals surface area contributed by atoms with Gasteiger partial charge in [-0.15, -0.1) is 11.3 Å². The van der Waals surface area contributed by atoms with Gasteiger partial charge in [-0.2, -0.15) is 9.78 Å². The second-order valence-corrected chi connectivity index (χ2v) is 10.7. The topological polar surface area (TPSA) is 132 Å². The molecule has 10 nitrogen and oxygen atoms in total. The summed E-state index contributed by atoms with van der Waals surface area (Å²) in [6.07, 6.45) is 2.84. The third-order valence-corrected chi connectivity index (χ3v) is 6.38. The van der Waals surface area contributed by atoms with Crippen LogP contribution >= 0.6 is 22.9 Å². The maximum absolute atomic E-state index is 13.2. The molecule has 4 aromatic heterocycles. The first-order chi connectivity index (χ1) is 17.0.